The van der Waals surface area contributed by atoms with Crippen LogP contribution < -0.4 is 9.64 Å². The standard InChI is InChI=1S/C20H27F2NO3/c1-20(2,24)13-25-16-9-6-15(7-10-16)23-11-3-4-14-5-8-17(12-18(14)23)26-19(21)22/h3-5,8,12,15-16,19,24H,6-7,9-11,13H2,1-2H3. The highest BCUT2D eigenvalue weighted by Gasteiger charge is 2.29. The summed E-state index contributed by atoms with van der Waals surface area (Å²) >= 11 is 0. The fourth-order valence-corrected chi connectivity index (χ4v) is 3.67. The molecule has 3 rings (SSSR count). The van der Waals surface area contributed by atoms with E-state index in [0.717, 1.165) is 43.5 Å². The number of nitrogens with zero attached hydrogens (tertiary/aromatic N) is 1. The van der Waals surface area contributed by atoms with Crippen LogP contribution in [0, 0.1) is 0 Å². The molecule has 1 aromatic rings. The van der Waals surface area contributed by atoms with Gasteiger partial charge in [-0.3, -0.25) is 0 Å². The molecule has 0 atom stereocenters. The van der Waals surface area contributed by atoms with Gasteiger partial charge >= 0.3 is 6.61 Å². The number of rotatable bonds is 6. The molecule has 6 heteroatoms. The normalized spacial score (nSPS) is 23.2. The highest BCUT2D eigenvalue weighted by atomic mass is 19.3. The Bertz CT molecular complexity index is 634. The zero-order chi connectivity index (χ0) is 18.7. The van der Waals surface area contributed by atoms with E-state index in [9.17, 15) is 13.9 Å². The van der Waals surface area contributed by atoms with Crippen molar-refractivity contribution in [3.05, 3.63) is 29.8 Å². The maximum absolute atomic E-state index is 12.5. The molecule has 0 bridgehead atoms. The van der Waals surface area contributed by atoms with Gasteiger partial charge in [-0.25, -0.2) is 0 Å². The van der Waals surface area contributed by atoms with E-state index in [1.165, 1.54) is 0 Å². The number of aliphatic hydroxyl groups is 1. The van der Waals surface area contributed by atoms with Crippen molar-refractivity contribution in [1.82, 2.24) is 0 Å². The van der Waals surface area contributed by atoms with E-state index in [-0.39, 0.29) is 11.9 Å². The van der Waals surface area contributed by atoms with Crippen LogP contribution in [0.3, 0.4) is 0 Å². The van der Waals surface area contributed by atoms with Crippen LogP contribution in [-0.2, 0) is 4.74 Å². The van der Waals surface area contributed by atoms with Crippen LogP contribution in [0.2, 0.25) is 0 Å². The molecule has 1 saturated carbocycles. The van der Waals surface area contributed by atoms with Crippen LogP contribution in [0.15, 0.2) is 24.3 Å². The minimum Gasteiger partial charge on any atom is -0.435 e. The van der Waals surface area contributed by atoms with Gasteiger partial charge in [0.1, 0.15) is 5.75 Å². The maximum Gasteiger partial charge on any atom is 0.387 e. The van der Waals surface area contributed by atoms with Crippen LogP contribution in [0.4, 0.5) is 14.5 Å². The van der Waals surface area contributed by atoms with Gasteiger partial charge in [-0.1, -0.05) is 12.2 Å². The summed E-state index contributed by atoms with van der Waals surface area (Å²) in [5, 5.41) is 9.80. The van der Waals surface area contributed by atoms with E-state index in [4.69, 9.17) is 4.74 Å². The molecule has 1 heterocycles. The monoisotopic (exact) mass is 367 g/mol. The fraction of sp³-hybridized carbons (Fsp3) is 0.600. The third kappa shape index (κ3) is 4.95. The zero-order valence-corrected chi connectivity index (χ0v) is 15.3. The number of benzene rings is 1. The van der Waals surface area contributed by atoms with E-state index in [2.05, 4.69) is 15.7 Å². The van der Waals surface area contributed by atoms with Gasteiger partial charge in [-0.05, 0) is 57.2 Å². The summed E-state index contributed by atoms with van der Waals surface area (Å²) < 4.78 is 35.4. The molecule has 0 saturated heterocycles. The molecule has 1 fully saturated rings. The largest absolute Gasteiger partial charge is 0.435 e. The van der Waals surface area contributed by atoms with Crippen LogP contribution in [0.5, 0.6) is 5.75 Å². The predicted octanol–water partition coefficient (Wildman–Crippen LogP) is 4.22. The van der Waals surface area contributed by atoms with Crippen molar-refractivity contribution in [2.75, 3.05) is 18.1 Å². The molecule has 26 heavy (non-hydrogen) atoms. The zero-order valence-electron chi connectivity index (χ0n) is 15.3. The van der Waals surface area contributed by atoms with Crippen LogP contribution >= 0.6 is 0 Å². The summed E-state index contributed by atoms with van der Waals surface area (Å²) in [5.41, 5.74) is 1.17. The fourth-order valence-electron chi connectivity index (χ4n) is 3.67. The highest BCUT2D eigenvalue weighted by Crippen LogP contribution is 2.36. The molecule has 2 aliphatic rings. The van der Waals surface area contributed by atoms with Gasteiger partial charge in [-0.15, -0.1) is 0 Å². The summed E-state index contributed by atoms with van der Waals surface area (Å²) in [5.74, 6) is 0.196. The minimum absolute atomic E-state index is 0.172. The molecule has 4 nitrogen and oxygen atoms in total. The third-order valence-electron chi connectivity index (χ3n) is 4.89. The van der Waals surface area contributed by atoms with Crippen molar-refractivity contribution in [2.45, 2.75) is 63.9 Å². The average Bonchev–Trinajstić information content (AvgIpc) is 2.59. The lowest BCUT2D eigenvalue weighted by Gasteiger charge is -2.40. The Morgan fingerprint density at radius 3 is 2.62 bits per heavy atom. The summed E-state index contributed by atoms with van der Waals surface area (Å²) in [6.07, 6.45) is 8.12. The van der Waals surface area contributed by atoms with Crippen molar-refractivity contribution in [2.24, 2.45) is 0 Å². The maximum atomic E-state index is 12.5. The number of halogens is 2. The van der Waals surface area contributed by atoms with Crippen molar-refractivity contribution in [1.29, 1.82) is 0 Å². The number of alkyl halides is 2. The molecule has 0 unspecified atom stereocenters. The second kappa shape index (κ2) is 7.92. The summed E-state index contributed by atoms with van der Waals surface area (Å²) in [6.45, 7) is 1.78. The Labute approximate surface area is 153 Å². The Hall–Kier alpha value is -1.66. The summed E-state index contributed by atoms with van der Waals surface area (Å²) in [6, 6.07) is 5.47. The number of ether oxygens (including phenoxy) is 2. The van der Waals surface area contributed by atoms with Gasteiger partial charge in [0.2, 0.25) is 0 Å². The van der Waals surface area contributed by atoms with Gasteiger partial charge in [0.25, 0.3) is 0 Å². The molecule has 1 aliphatic carbocycles. The molecule has 0 amide bonds. The van der Waals surface area contributed by atoms with E-state index < -0.39 is 12.2 Å². The lowest BCUT2D eigenvalue weighted by molar-refractivity contribution is -0.0635. The molecular weight excluding hydrogens is 340 g/mol. The molecule has 0 aromatic heterocycles. The topological polar surface area (TPSA) is 41.9 Å². The first-order chi connectivity index (χ1) is 12.3. The summed E-state index contributed by atoms with van der Waals surface area (Å²) in [7, 11) is 0. The van der Waals surface area contributed by atoms with E-state index >= 15 is 0 Å². The molecule has 1 aliphatic heterocycles. The Kier molecular flexibility index (Phi) is 5.82. The van der Waals surface area contributed by atoms with Crippen LogP contribution in [-0.4, -0.2) is 42.6 Å². The molecule has 0 radical (unpaired) electrons. The smallest absolute Gasteiger partial charge is 0.387 e. The minimum atomic E-state index is -2.82. The second-order valence-electron chi connectivity index (χ2n) is 7.71. The molecule has 1 aromatic carbocycles. The second-order valence-corrected chi connectivity index (χ2v) is 7.71. The number of anilines is 1. The van der Waals surface area contributed by atoms with Gasteiger partial charge in [0.15, 0.2) is 0 Å². The average molecular weight is 367 g/mol. The first-order valence-corrected chi connectivity index (χ1v) is 9.18. The van der Waals surface area contributed by atoms with Crippen molar-refractivity contribution in [3.8, 4) is 5.75 Å². The molecular formula is C20H27F2NO3. The molecule has 0 spiro atoms. The number of hydrogen-bond acceptors (Lipinski definition) is 4. The Morgan fingerprint density at radius 2 is 1.96 bits per heavy atom. The van der Waals surface area contributed by atoms with Crippen molar-refractivity contribution in [3.63, 3.8) is 0 Å². The van der Waals surface area contributed by atoms with E-state index in [1.54, 1.807) is 26.0 Å². The highest BCUT2D eigenvalue weighted by molar-refractivity contribution is 5.73. The van der Waals surface area contributed by atoms with Gasteiger partial charge in [0, 0.05) is 24.3 Å². The van der Waals surface area contributed by atoms with E-state index in [1.807, 2.05) is 12.1 Å². The molecule has 1 N–H and O–H groups in total. The lowest BCUT2D eigenvalue weighted by atomic mass is 9.90. The van der Waals surface area contributed by atoms with Crippen molar-refractivity contribution >= 4 is 11.8 Å². The number of fused-ring (bicyclic) bond motifs is 1. The predicted molar refractivity (Wildman–Crippen MR) is 97.7 cm³/mol. The van der Waals surface area contributed by atoms with Gasteiger partial charge in [0.05, 0.1) is 18.3 Å². The third-order valence-corrected chi connectivity index (χ3v) is 4.89. The van der Waals surface area contributed by atoms with Crippen molar-refractivity contribution < 1.29 is 23.4 Å². The van der Waals surface area contributed by atoms with E-state index in [0.29, 0.717) is 12.6 Å². The van der Waals surface area contributed by atoms with Crippen LogP contribution in [0.1, 0.15) is 45.1 Å². The van der Waals surface area contributed by atoms with Gasteiger partial charge in [-0.2, -0.15) is 8.78 Å². The van der Waals surface area contributed by atoms with Gasteiger partial charge < -0.3 is 19.5 Å². The molecule has 144 valence electrons. The quantitative estimate of drug-likeness (QED) is 0.817. The van der Waals surface area contributed by atoms with Crippen LogP contribution in [0.25, 0.3) is 6.08 Å². The first kappa shape index (κ1) is 19.1. The number of hydrogen-bond donors (Lipinski definition) is 1. The first-order valence-electron chi connectivity index (χ1n) is 9.18. The SMILES string of the molecule is CC(C)(O)COC1CCC(N2CC=Cc3ccc(OC(F)F)cc32)CC1. The Morgan fingerprint density at radius 1 is 1.23 bits per heavy atom. The summed E-state index contributed by atoms with van der Waals surface area (Å²) in [4.78, 5) is 2.28. The Balaban J connectivity index is 1.64. The lowest BCUT2D eigenvalue weighted by Crippen LogP contribution is -2.41.